The Kier molecular flexibility index (Phi) is 11.0. The Labute approximate surface area is 206 Å². The van der Waals surface area contributed by atoms with Gasteiger partial charge in [0.25, 0.3) is 0 Å². The van der Waals surface area contributed by atoms with Gasteiger partial charge < -0.3 is 10.2 Å². The Hall–Kier alpha value is -2.41. The molecule has 0 aliphatic carbocycles. The van der Waals surface area contributed by atoms with Crippen LogP contribution in [0, 0.1) is 11.6 Å². The standard InChI is InChI=1S/C27H36F2N2O2S/c1-5-6-7-8-9-17-31(26(33)30-25-15-12-22(28)19-24(25)29)18-16-21-10-13-23(14-11-21)34-27(3,4)20(2)32/h10-15,19H,5-9,16-18H2,1-4H3,(H,30,33). The van der Waals surface area contributed by atoms with Gasteiger partial charge in [-0.25, -0.2) is 13.6 Å². The van der Waals surface area contributed by atoms with E-state index in [2.05, 4.69) is 12.2 Å². The molecular weight excluding hydrogens is 454 g/mol. The minimum absolute atomic E-state index is 0.0307. The maximum atomic E-state index is 14.0. The number of anilines is 1. The van der Waals surface area contributed by atoms with E-state index in [0.29, 0.717) is 19.5 Å². The Morgan fingerprint density at radius 1 is 0.971 bits per heavy atom. The molecule has 0 fully saturated rings. The Morgan fingerprint density at radius 2 is 1.65 bits per heavy atom. The molecule has 0 radical (unpaired) electrons. The van der Waals surface area contributed by atoms with Gasteiger partial charge >= 0.3 is 6.03 Å². The number of thioether (sulfide) groups is 1. The number of urea groups is 1. The first-order chi connectivity index (χ1) is 16.1. The van der Waals surface area contributed by atoms with E-state index in [9.17, 15) is 18.4 Å². The summed E-state index contributed by atoms with van der Waals surface area (Å²) >= 11 is 1.53. The SMILES string of the molecule is CCCCCCCN(CCc1ccc(SC(C)(C)C(C)=O)cc1)C(=O)Nc1ccc(F)cc1F. The predicted molar refractivity (Wildman–Crippen MR) is 136 cm³/mol. The molecule has 0 spiro atoms. The molecule has 7 heteroatoms. The van der Waals surface area contributed by atoms with Gasteiger partial charge in [0.1, 0.15) is 17.4 Å². The van der Waals surface area contributed by atoms with Gasteiger partial charge in [0.15, 0.2) is 0 Å². The second kappa shape index (κ2) is 13.5. The van der Waals surface area contributed by atoms with Crippen molar-refractivity contribution in [3.05, 3.63) is 59.7 Å². The monoisotopic (exact) mass is 490 g/mol. The van der Waals surface area contributed by atoms with Gasteiger partial charge in [-0.15, -0.1) is 11.8 Å². The van der Waals surface area contributed by atoms with Crippen LogP contribution >= 0.6 is 11.8 Å². The van der Waals surface area contributed by atoms with Gasteiger partial charge in [-0.2, -0.15) is 0 Å². The number of ketones is 1. The summed E-state index contributed by atoms with van der Waals surface area (Å²) in [7, 11) is 0. The van der Waals surface area contributed by atoms with Gasteiger partial charge in [-0.3, -0.25) is 4.79 Å². The topological polar surface area (TPSA) is 49.4 Å². The number of hydrogen-bond acceptors (Lipinski definition) is 3. The lowest BCUT2D eigenvalue weighted by Gasteiger charge is -2.24. The highest BCUT2D eigenvalue weighted by Crippen LogP contribution is 2.33. The molecule has 0 atom stereocenters. The van der Waals surface area contributed by atoms with Crippen molar-refractivity contribution < 1.29 is 18.4 Å². The molecule has 0 saturated heterocycles. The van der Waals surface area contributed by atoms with Crippen LogP contribution in [-0.4, -0.2) is 34.6 Å². The fourth-order valence-electron chi connectivity index (χ4n) is 3.36. The van der Waals surface area contributed by atoms with Crippen LogP contribution in [0.5, 0.6) is 0 Å². The largest absolute Gasteiger partial charge is 0.324 e. The number of nitrogens with one attached hydrogen (secondary N) is 1. The van der Waals surface area contributed by atoms with Crippen molar-refractivity contribution in [2.24, 2.45) is 0 Å². The molecule has 2 rings (SSSR count). The average Bonchev–Trinajstić information content (AvgIpc) is 2.78. The van der Waals surface area contributed by atoms with Gasteiger partial charge in [0.2, 0.25) is 0 Å². The van der Waals surface area contributed by atoms with E-state index in [0.717, 1.165) is 54.7 Å². The number of amides is 2. The first kappa shape index (κ1) is 27.8. The minimum atomic E-state index is -0.794. The van der Waals surface area contributed by atoms with Crippen LogP contribution < -0.4 is 5.32 Å². The first-order valence-corrected chi connectivity index (χ1v) is 12.7. The summed E-state index contributed by atoms with van der Waals surface area (Å²) in [4.78, 5) is 27.4. The lowest BCUT2D eigenvalue weighted by molar-refractivity contribution is -0.118. The van der Waals surface area contributed by atoms with Crippen LogP contribution in [0.2, 0.25) is 0 Å². The number of rotatable bonds is 13. The highest BCUT2D eigenvalue weighted by molar-refractivity contribution is 8.01. The van der Waals surface area contributed by atoms with E-state index in [4.69, 9.17) is 0 Å². The highest BCUT2D eigenvalue weighted by Gasteiger charge is 2.24. The smallest absolute Gasteiger partial charge is 0.321 e. The summed E-state index contributed by atoms with van der Waals surface area (Å²) in [6.07, 6.45) is 5.97. The molecule has 0 aliphatic rings. The van der Waals surface area contributed by atoms with Crippen molar-refractivity contribution >= 4 is 29.3 Å². The summed E-state index contributed by atoms with van der Waals surface area (Å²) in [6, 6.07) is 10.7. The van der Waals surface area contributed by atoms with Gasteiger partial charge in [-0.05, 0) is 63.4 Å². The molecule has 0 heterocycles. The van der Waals surface area contributed by atoms with Crippen molar-refractivity contribution in [2.45, 2.75) is 75.9 Å². The predicted octanol–water partition coefficient (Wildman–Crippen LogP) is 7.47. The molecule has 186 valence electrons. The van der Waals surface area contributed by atoms with Crippen LogP contribution in [0.3, 0.4) is 0 Å². The molecule has 2 aromatic rings. The number of hydrogen-bond donors (Lipinski definition) is 1. The van der Waals surface area contributed by atoms with Crippen molar-refractivity contribution in [1.29, 1.82) is 0 Å². The van der Waals surface area contributed by atoms with Crippen LogP contribution in [0.1, 0.15) is 65.4 Å². The number of carbonyl (C=O) groups excluding carboxylic acids is 2. The third-order valence-electron chi connectivity index (χ3n) is 5.81. The molecule has 2 aromatic carbocycles. The fourth-order valence-corrected chi connectivity index (χ4v) is 4.37. The van der Waals surface area contributed by atoms with Gasteiger partial charge in [-0.1, -0.05) is 44.7 Å². The average molecular weight is 491 g/mol. The van der Waals surface area contributed by atoms with Crippen molar-refractivity contribution in [3.63, 3.8) is 0 Å². The van der Waals surface area contributed by atoms with E-state index in [1.165, 1.54) is 17.8 Å². The second-order valence-corrected chi connectivity index (χ2v) is 10.7. The third-order valence-corrected chi connectivity index (χ3v) is 7.11. The maximum Gasteiger partial charge on any atom is 0.321 e. The fraction of sp³-hybridized carbons (Fsp3) is 0.481. The van der Waals surface area contributed by atoms with Crippen molar-refractivity contribution in [1.82, 2.24) is 4.90 Å². The van der Waals surface area contributed by atoms with Crippen molar-refractivity contribution in [2.75, 3.05) is 18.4 Å². The lowest BCUT2D eigenvalue weighted by atomic mass is 10.1. The molecule has 2 amide bonds. The van der Waals surface area contributed by atoms with E-state index >= 15 is 0 Å². The summed E-state index contributed by atoms with van der Waals surface area (Å²) in [5.41, 5.74) is 1.04. The maximum absolute atomic E-state index is 14.0. The molecule has 4 nitrogen and oxygen atoms in total. The Morgan fingerprint density at radius 3 is 2.26 bits per heavy atom. The van der Waals surface area contributed by atoms with E-state index < -0.39 is 22.4 Å². The van der Waals surface area contributed by atoms with E-state index in [1.54, 1.807) is 11.8 Å². The van der Waals surface area contributed by atoms with E-state index in [-0.39, 0.29) is 11.5 Å². The molecule has 0 saturated carbocycles. The summed E-state index contributed by atoms with van der Waals surface area (Å²) in [6.45, 7) is 8.62. The summed E-state index contributed by atoms with van der Waals surface area (Å²) in [5.74, 6) is -1.35. The van der Waals surface area contributed by atoms with Gasteiger partial charge in [0.05, 0.1) is 10.4 Å². The Bertz CT molecular complexity index is 948. The highest BCUT2D eigenvalue weighted by atomic mass is 32.2. The molecule has 0 unspecified atom stereocenters. The number of nitrogens with zero attached hydrogens (tertiary/aromatic N) is 1. The zero-order valence-corrected chi connectivity index (χ0v) is 21.4. The third kappa shape index (κ3) is 9.09. The second-order valence-electron chi connectivity index (χ2n) is 9.02. The zero-order chi connectivity index (χ0) is 25.1. The number of benzene rings is 2. The zero-order valence-electron chi connectivity index (χ0n) is 20.6. The lowest BCUT2D eigenvalue weighted by Crippen LogP contribution is -2.37. The van der Waals surface area contributed by atoms with Crippen LogP contribution in [0.15, 0.2) is 47.4 Å². The quantitative estimate of drug-likeness (QED) is 0.234. The number of unbranched alkanes of at least 4 members (excludes halogenated alkanes) is 4. The number of carbonyl (C=O) groups is 2. The minimum Gasteiger partial charge on any atom is -0.324 e. The first-order valence-electron chi connectivity index (χ1n) is 11.9. The van der Waals surface area contributed by atoms with E-state index in [1.807, 2.05) is 38.1 Å². The number of halogens is 2. The summed E-state index contributed by atoms with van der Waals surface area (Å²) < 4.78 is 26.7. The Balaban J connectivity index is 2.01. The number of Topliss-reactive ketones (excluding diaryl/α,β-unsaturated/α-hetero) is 1. The molecule has 0 aromatic heterocycles. The van der Waals surface area contributed by atoms with Crippen LogP contribution in [0.4, 0.5) is 19.3 Å². The molecule has 0 bridgehead atoms. The van der Waals surface area contributed by atoms with Crippen molar-refractivity contribution in [3.8, 4) is 0 Å². The van der Waals surface area contributed by atoms with Gasteiger partial charge in [0, 0.05) is 24.1 Å². The molecule has 34 heavy (non-hydrogen) atoms. The van der Waals surface area contributed by atoms with Crippen LogP contribution in [-0.2, 0) is 11.2 Å². The molecule has 1 N–H and O–H groups in total. The molecular formula is C27H36F2N2O2S. The summed E-state index contributed by atoms with van der Waals surface area (Å²) in [5, 5.41) is 2.58. The van der Waals surface area contributed by atoms with Crippen LogP contribution in [0.25, 0.3) is 0 Å². The molecule has 0 aliphatic heterocycles. The normalized spacial score (nSPS) is 11.4.